The second-order valence-electron chi connectivity index (χ2n) is 7.57. The number of phenols is 1. The maximum Gasteiger partial charge on any atom is 0.326 e. The van der Waals surface area contributed by atoms with E-state index >= 15 is 0 Å². The van der Waals surface area contributed by atoms with Crippen LogP contribution in [0.2, 0.25) is 0 Å². The number of imidazole rings is 1. The van der Waals surface area contributed by atoms with Crippen molar-refractivity contribution in [1.29, 1.82) is 0 Å². The molecule has 0 saturated carbocycles. The van der Waals surface area contributed by atoms with Gasteiger partial charge in [-0.25, -0.2) is 4.79 Å². The molecule has 0 radical (unpaired) electrons. The van der Waals surface area contributed by atoms with Gasteiger partial charge in [0, 0.05) is 12.5 Å². The van der Waals surface area contributed by atoms with Crippen LogP contribution in [-0.4, -0.2) is 45.1 Å². The predicted octanol–water partition coefficient (Wildman–Crippen LogP) is 2.78. The lowest BCUT2D eigenvalue weighted by Gasteiger charge is -2.31. The van der Waals surface area contributed by atoms with Gasteiger partial charge in [0.05, 0.1) is 16.7 Å². The van der Waals surface area contributed by atoms with E-state index in [4.69, 9.17) is 0 Å². The Labute approximate surface area is 169 Å². The fraction of sp³-hybridized carbons (Fsp3) is 0.364. The van der Waals surface area contributed by atoms with Gasteiger partial charge in [0.15, 0.2) is 0 Å². The topological polar surface area (TPSA) is 90.4 Å². The normalized spacial score (nSPS) is 15.6. The Morgan fingerprint density at radius 1 is 1.07 bits per heavy atom. The Kier molecular flexibility index (Phi) is 5.67. The highest BCUT2D eigenvalue weighted by molar-refractivity contribution is 5.93. The number of aromatic hydroxyl groups is 1. The fourth-order valence-electron chi connectivity index (χ4n) is 4.01. The minimum atomic E-state index is -0.0641. The Balaban J connectivity index is 1.25. The number of hydrogen-bond acceptors (Lipinski definition) is 4. The number of aromatic amines is 1. The van der Waals surface area contributed by atoms with E-state index in [2.05, 4.69) is 15.2 Å². The van der Waals surface area contributed by atoms with Crippen molar-refractivity contribution >= 4 is 22.6 Å². The van der Waals surface area contributed by atoms with E-state index in [9.17, 15) is 14.7 Å². The van der Waals surface area contributed by atoms with Crippen molar-refractivity contribution in [3.05, 3.63) is 59.0 Å². The Hall–Kier alpha value is -3.06. The fourth-order valence-corrected chi connectivity index (χ4v) is 4.01. The van der Waals surface area contributed by atoms with Gasteiger partial charge < -0.3 is 20.3 Å². The van der Waals surface area contributed by atoms with Crippen LogP contribution >= 0.6 is 0 Å². The summed E-state index contributed by atoms with van der Waals surface area (Å²) in [6.45, 7) is 3.31. The van der Waals surface area contributed by atoms with Gasteiger partial charge in [0.2, 0.25) is 5.91 Å². The summed E-state index contributed by atoms with van der Waals surface area (Å²) < 4.78 is 1.79. The van der Waals surface area contributed by atoms with Gasteiger partial charge in [-0.15, -0.1) is 0 Å². The minimum absolute atomic E-state index is 0.0310. The lowest BCUT2D eigenvalue weighted by atomic mass is 9.95. The first-order chi connectivity index (χ1) is 14.1. The van der Waals surface area contributed by atoms with E-state index in [1.54, 1.807) is 28.8 Å². The zero-order chi connectivity index (χ0) is 20.2. The lowest BCUT2D eigenvalue weighted by molar-refractivity contribution is -0.121. The van der Waals surface area contributed by atoms with Gasteiger partial charge in [-0.3, -0.25) is 9.36 Å². The van der Waals surface area contributed by atoms with E-state index < -0.39 is 0 Å². The molecule has 1 aromatic heterocycles. The number of piperidine rings is 1. The van der Waals surface area contributed by atoms with Crippen LogP contribution in [0.15, 0.2) is 53.3 Å². The van der Waals surface area contributed by atoms with Crippen molar-refractivity contribution in [2.45, 2.75) is 25.8 Å². The number of carbonyl (C=O) groups is 1. The molecule has 1 aliphatic rings. The highest BCUT2D eigenvalue weighted by atomic mass is 16.3. The van der Waals surface area contributed by atoms with Crippen LogP contribution in [0, 0.1) is 5.92 Å². The smallest absolute Gasteiger partial charge is 0.326 e. The van der Waals surface area contributed by atoms with Crippen molar-refractivity contribution in [2.24, 2.45) is 5.92 Å². The third-order valence-electron chi connectivity index (χ3n) is 5.66. The van der Waals surface area contributed by atoms with Gasteiger partial charge in [0.25, 0.3) is 0 Å². The van der Waals surface area contributed by atoms with Crippen molar-refractivity contribution < 1.29 is 9.90 Å². The number of carbonyl (C=O) groups excluding carboxylic acids is 1. The van der Waals surface area contributed by atoms with Gasteiger partial charge in [0.1, 0.15) is 5.75 Å². The zero-order valence-corrected chi connectivity index (χ0v) is 16.3. The molecule has 4 rings (SSSR count). The van der Waals surface area contributed by atoms with Crippen LogP contribution in [0.25, 0.3) is 11.0 Å². The molecule has 1 fully saturated rings. The largest absolute Gasteiger partial charge is 0.506 e. The molecule has 1 saturated heterocycles. The number of benzene rings is 2. The number of hydrogen-bond donors (Lipinski definition) is 3. The molecule has 2 aromatic carbocycles. The first kappa shape index (κ1) is 19.3. The quantitative estimate of drug-likeness (QED) is 0.561. The van der Waals surface area contributed by atoms with Gasteiger partial charge >= 0.3 is 5.69 Å². The maximum atomic E-state index is 12.5. The number of aryl methyl sites for hydroxylation is 1. The molecule has 7 heteroatoms. The Morgan fingerprint density at radius 3 is 2.59 bits per heavy atom. The first-order valence-electron chi connectivity index (χ1n) is 10.1. The maximum absolute atomic E-state index is 12.5. The molecule has 0 atom stereocenters. The predicted molar refractivity (Wildman–Crippen MR) is 113 cm³/mol. The third kappa shape index (κ3) is 4.35. The van der Waals surface area contributed by atoms with Crippen LogP contribution in [0.5, 0.6) is 5.75 Å². The highest BCUT2D eigenvalue weighted by Crippen LogP contribution is 2.25. The molecule has 152 valence electrons. The number of amides is 1. The van der Waals surface area contributed by atoms with Gasteiger partial charge in [-0.2, -0.15) is 0 Å². The number of aromatic nitrogens is 2. The second-order valence-corrected chi connectivity index (χ2v) is 7.57. The summed E-state index contributed by atoms with van der Waals surface area (Å²) in [5.41, 5.74) is 2.21. The summed E-state index contributed by atoms with van der Waals surface area (Å²) in [5, 5.41) is 12.6. The van der Waals surface area contributed by atoms with Crippen molar-refractivity contribution in [2.75, 3.05) is 25.0 Å². The molecule has 7 nitrogen and oxygen atoms in total. The molecule has 2 heterocycles. The number of phenolic OH excluding ortho intramolecular Hbond substituents is 1. The monoisotopic (exact) mass is 394 g/mol. The zero-order valence-electron chi connectivity index (χ0n) is 16.3. The molecule has 29 heavy (non-hydrogen) atoms. The number of fused-ring (bicyclic) bond motifs is 1. The average Bonchev–Trinajstić information content (AvgIpc) is 3.05. The molecule has 1 aliphatic heterocycles. The summed E-state index contributed by atoms with van der Waals surface area (Å²) in [6, 6.07) is 14.5. The molecule has 3 N–H and O–H groups in total. The second kappa shape index (κ2) is 8.53. The van der Waals surface area contributed by atoms with Crippen LogP contribution < -0.4 is 11.0 Å². The Bertz CT molecular complexity index is 1050. The highest BCUT2D eigenvalue weighted by Gasteiger charge is 2.25. The van der Waals surface area contributed by atoms with E-state index in [0.29, 0.717) is 12.2 Å². The number of anilines is 1. The van der Waals surface area contributed by atoms with Crippen LogP contribution in [0.3, 0.4) is 0 Å². The lowest BCUT2D eigenvalue weighted by Crippen LogP contribution is -2.39. The average molecular weight is 394 g/mol. The van der Waals surface area contributed by atoms with E-state index in [0.717, 1.165) is 49.9 Å². The Morgan fingerprint density at radius 2 is 1.79 bits per heavy atom. The van der Waals surface area contributed by atoms with Crippen molar-refractivity contribution in [1.82, 2.24) is 14.5 Å². The van der Waals surface area contributed by atoms with Crippen molar-refractivity contribution in [3.63, 3.8) is 0 Å². The van der Waals surface area contributed by atoms with E-state index in [1.807, 2.05) is 24.3 Å². The van der Waals surface area contributed by atoms with Crippen LogP contribution in [-0.2, 0) is 11.3 Å². The SMILES string of the molecule is O=C(Nc1ccccc1O)C1CCN(CCCn2c(=O)[nH]c3ccccc32)CC1. The number of para-hydroxylation sites is 4. The minimum Gasteiger partial charge on any atom is -0.506 e. The van der Waals surface area contributed by atoms with Crippen LogP contribution in [0.1, 0.15) is 19.3 Å². The number of likely N-dealkylation sites (tertiary alicyclic amines) is 1. The number of H-pyrrole nitrogens is 1. The van der Waals surface area contributed by atoms with Crippen molar-refractivity contribution in [3.8, 4) is 5.75 Å². The van der Waals surface area contributed by atoms with Gasteiger partial charge in [-0.1, -0.05) is 24.3 Å². The van der Waals surface area contributed by atoms with Gasteiger partial charge in [-0.05, 0) is 63.2 Å². The standard InChI is InChI=1S/C22H26N4O3/c27-20-9-4-2-7-18(20)23-21(28)16-10-14-25(15-11-16)12-5-13-26-19-8-3-1-6-17(19)24-22(26)29/h1-4,6-9,16,27H,5,10-15H2,(H,23,28)(H,24,29). The summed E-state index contributed by atoms with van der Waals surface area (Å²) in [5.74, 6) is 0.0180. The molecule has 0 bridgehead atoms. The summed E-state index contributed by atoms with van der Waals surface area (Å²) in [4.78, 5) is 29.9. The van der Waals surface area contributed by atoms with E-state index in [-0.39, 0.29) is 23.3 Å². The third-order valence-corrected chi connectivity index (χ3v) is 5.66. The molecule has 0 unspecified atom stereocenters. The first-order valence-corrected chi connectivity index (χ1v) is 10.1. The molecule has 0 aliphatic carbocycles. The number of rotatable bonds is 6. The molecule has 0 spiro atoms. The summed E-state index contributed by atoms with van der Waals surface area (Å²) >= 11 is 0. The summed E-state index contributed by atoms with van der Waals surface area (Å²) in [7, 11) is 0. The molecular weight excluding hydrogens is 368 g/mol. The summed E-state index contributed by atoms with van der Waals surface area (Å²) in [6.07, 6.45) is 2.48. The van der Waals surface area contributed by atoms with E-state index in [1.165, 1.54) is 0 Å². The molecule has 3 aromatic rings. The number of nitrogens with zero attached hydrogens (tertiary/aromatic N) is 2. The van der Waals surface area contributed by atoms with Crippen LogP contribution in [0.4, 0.5) is 5.69 Å². The number of nitrogens with one attached hydrogen (secondary N) is 2. The molecule has 1 amide bonds. The molecular formula is C22H26N4O3.